The average molecular weight is 277 g/mol. The zero-order chi connectivity index (χ0) is 14.8. The fraction of sp³-hybridized carbons (Fsp3) is 0.333. The van der Waals surface area contributed by atoms with Gasteiger partial charge in [0.05, 0.1) is 19.2 Å². The Labute approximate surface area is 118 Å². The van der Waals surface area contributed by atoms with Crippen LogP contribution in [0.2, 0.25) is 0 Å². The summed E-state index contributed by atoms with van der Waals surface area (Å²) in [6.07, 6.45) is 1.73. The Morgan fingerprint density at radius 1 is 1.35 bits per heavy atom. The van der Waals surface area contributed by atoms with Crippen LogP contribution in [0.15, 0.2) is 42.1 Å². The standard InChI is InChI=1S/C15H19NO4/c1-4-10-19-13-8-6-12(7-9-13)14(16-20-5-2)11-15(17)18-3/h4,6-9H,1,5,10-11H2,2-3H3/b16-14-. The van der Waals surface area contributed by atoms with Gasteiger partial charge in [0.2, 0.25) is 0 Å². The van der Waals surface area contributed by atoms with Crippen molar-refractivity contribution in [3.63, 3.8) is 0 Å². The maximum absolute atomic E-state index is 11.4. The van der Waals surface area contributed by atoms with Crippen LogP contribution in [0.5, 0.6) is 5.75 Å². The van der Waals surface area contributed by atoms with E-state index in [-0.39, 0.29) is 12.4 Å². The third-order valence-corrected chi connectivity index (χ3v) is 2.40. The molecule has 0 spiro atoms. The van der Waals surface area contributed by atoms with Gasteiger partial charge in [-0.1, -0.05) is 17.8 Å². The van der Waals surface area contributed by atoms with Crippen molar-refractivity contribution in [3.05, 3.63) is 42.5 Å². The monoisotopic (exact) mass is 277 g/mol. The minimum Gasteiger partial charge on any atom is -0.490 e. The first kappa shape index (κ1) is 15.8. The zero-order valence-electron chi connectivity index (χ0n) is 11.8. The molecule has 0 heterocycles. The van der Waals surface area contributed by atoms with Gasteiger partial charge in [-0.2, -0.15) is 0 Å². The molecule has 0 aliphatic rings. The van der Waals surface area contributed by atoms with Crippen molar-refractivity contribution >= 4 is 11.7 Å². The van der Waals surface area contributed by atoms with E-state index in [9.17, 15) is 4.79 Å². The van der Waals surface area contributed by atoms with Crippen LogP contribution in [0.25, 0.3) is 0 Å². The first-order chi connectivity index (χ1) is 9.71. The van der Waals surface area contributed by atoms with Gasteiger partial charge in [0.25, 0.3) is 0 Å². The van der Waals surface area contributed by atoms with Crippen molar-refractivity contribution in [1.82, 2.24) is 0 Å². The third-order valence-electron chi connectivity index (χ3n) is 2.40. The average Bonchev–Trinajstić information content (AvgIpc) is 2.49. The lowest BCUT2D eigenvalue weighted by molar-refractivity contribution is -0.139. The Hall–Kier alpha value is -2.30. The number of hydrogen-bond donors (Lipinski definition) is 0. The summed E-state index contributed by atoms with van der Waals surface area (Å²) in [5.74, 6) is 0.359. The van der Waals surface area contributed by atoms with Crippen LogP contribution in [0, 0.1) is 0 Å². The third kappa shape index (κ3) is 5.14. The zero-order valence-corrected chi connectivity index (χ0v) is 11.8. The molecule has 0 radical (unpaired) electrons. The van der Waals surface area contributed by atoms with E-state index in [4.69, 9.17) is 9.57 Å². The minimum atomic E-state index is -0.365. The molecule has 20 heavy (non-hydrogen) atoms. The van der Waals surface area contributed by atoms with Crippen molar-refractivity contribution in [2.24, 2.45) is 5.16 Å². The molecular formula is C15H19NO4. The Bertz CT molecular complexity index is 465. The van der Waals surface area contributed by atoms with Gasteiger partial charge < -0.3 is 14.3 Å². The van der Waals surface area contributed by atoms with E-state index in [0.717, 1.165) is 11.3 Å². The highest BCUT2D eigenvalue weighted by atomic mass is 16.6. The summed E-state index contributed by atoms with van der Waals surface area (Å²) >= 11 is 0. The molecule has 0 saturated heterocycles. The molecule has 0 amide bonds. The Balaban J connectivity index is 2.84. The topological polar surface area (TPSA) is 57.1 Å². The van der Waals surface area contributed by atoms with Gasteiger partial charge >= 0.3 is 5.97 Å². The maximum atomic E-state index is 11.4. The second kappa shape index (κ2) is 8.74. The van der Waals surface area contributed by atoms with E-state index in [1.807, 2.05) is 19.1 Å². The van der Waals surface area contributed by atoms with E-state index < -0.39 is 0 Å². The number of carbonyl (C=O) groups is 1. The number of hydrogen-bond acceptors (Lipinski definition) is 5. The lowest BCUT2D eigenvalue weighted by Crippen LogP contribution is -2.11. The first-order valence-electron chi connectivity index (χ1n) is 6.31. The second-order valence-electron chi connectivity index (χ2n) is 3.83. The highest BCUT2D eigenvalue weighted by Gasteiger charge is 2.11. The number of nitrogens with zero attached hydrogens (tertiary/aromatic N) is 1. The number of methoxy groups -OCH3 is 1. The van der Waals surface area contributed by atoms with Crippen molar-refractivity contribution in [2.45, 2.75) is 13.3 Å². The van der Waals surface area contributed by atoms with Crippen LogP contribution in [-0.4, -0.2) is 32.0 Å². The van der Waals surface area contributed by atoms with Gasteiger partial charge in [-0.25, -0.2) is 0 Å². The van der Waals surface area contributed by atoms with Gasteiger partial charge in [-0.3, -0.25) is 4.79 Å². The summed E-state index contributed by atoms with van der Waals surface area (Å²) in [5.41, 5.74) is 1.31. The molecule has 0 aliphatic heterocycles. The van der Waals surface area contributed by atoms with Crippen LogP contribution >= 0.6 is 0 Å². The largest absolute Gasteiger partial charge is 0.490 e. The molecule has 0 aliphatic carbocycles. The van der Waals surface area contributed by atoms with Crippen LogP contribution < -0.4 is 4.74 Å². The van der Waals surface area contributed by atoms with Crippen LogP contribution in [0.3, 0.4) is 0 Å². The summed E-state index contributed by atoms with van der Waals surface area (Å²) in [7, 11) is 1.34. The van der Waals surface area contributed by atoms with E-state index in [2.05, 4.69) is 16.5 Å². The van der Waals surface area contributed by atoms with Crippen molar-refractivity contribution in [3.8, 4) is 5.75 Å². The lowest BCUT2D eigenvalue weighted by atomic mass is 10.1. The molecule has 0 N–H and O–H groups in total. The Morgan fingerprint density at radius 2 is 2.05 bits per heavy atom. The molecular weight excluding hydrogens is 258 g/mol. The van der Waals surface area contributed by atoms with E-state index in [1.165, 1.54) is 7.11 Å². The molecule has 5 heteroatoms. The fourth-order valence-electron chi connectivity index (χ4n) is 1.44. The molecule has 0 fully saturated rings. The molecule has 0 saturated carbocycles. The summed E-state index contributed by atoms with van der Waals surface area (Å²) < 4.78 is 10.0. The summed E-state index contributed by atoms with van der Waals surface area (Å²) in [5, 5.41) is 3.95. The van der Waals surface area contributed by atoms with Crippen molar-refractivity contribution in [2.75, 3.05) is 20.3 Å². The van der Waals surface area contributed by atoms with Crippen molar-refractivity contribution in [1.29, 1.82) is 0 Å². The molecule has 0 atom stereocenters. The summed E-state index contributed by atoms with van der Waals surface area (Å²) in [4.78, 5) is 16.4. The number of ether oxygens (including phenoxy) is 2. The normalized spacial score (nSPS) is 10.8. The maximum Gasteiger partial charge on any atom is 0.311 e. The quantitative estimate of drug-likeness (QED) is 0.317. The van der Waals surface area contributed by atoms with Gasteiger partial charge in [0.15, 0.2) is 0 Å². The van der Waals surface area contributed by atoms with Crippen LogP contribution in [-0.2, 0) is 14.4 Å². The predicted octanol–water partition coefficient (Wildman–Crippen LogP) is 2.56. The molecule has 1 aromatic rings. The van der Waals surface area contributed by atoms with Crippen LogP contribution in [0.1, 0.15) is 18.9 Å². The summed E-state index contributed by atoms with van der Waals surface area (Å²) in [6, 6.07) is 7.24. The Morgan fingerprint density at radius 3 is 2.60 bits per heavy atom. The summed E-state index contributed by atoms with van der Waals surface area (Å²) in [6.45, 7) is 6.29. The molecule has 0 aromatic heterocycles. The van der Waals surface area contributed by atoms with E-state index >= 15 is 0 Å². The molecule has 0 unspecified atom stereocenters. The van der Waals surface area contributed by atoms with E-state index in [1.54, 1.807) is 18.2 Å². The number of rotatable bonds is 8. The lowest BCUT2D eigenvalue weighted by Gasteiger charge is -2.07. The SMILES string of the molecule is C=CCOc1ccc(/C(CC(=O)OC)=N\OCC)cc1. The molecule has 1 aromatic carbocycles. The molecule has 0 bridgehead atoms. The fourth-order valence-corrected chi connectivity index (χ4v) is 1.44. The van der Waals surface area contributed by atoms with Gasteiger partial charge in [0.1, 0.15) is 19.0 Å². The highest BCUT2D eigenvalue weighted by molar-refractivity contribution is 6.09. The minimum absolute atomic E-state index is 0.0589. The molecule has 1 rings (SSSR count). The van der Waals surface area contributed by atoms with E-state index in [0.29, 0.717) is 18.9 Å². The highest BCUT2D eigenvalue weighted by Crippen LogP contribution is 2.14. The van der Waals surface area contributed by atoms with Gasteiger partial charge in [-0.15, -0.1) is 0 Å². The Kier molecular flexibility index (Phi) is 6.89. The predicted molar refractivity (Wildman–Crippen MR) is 76.9 cm³/mol. The number of oxime groups is 1. The number of esters is 1. The van der Waals surface area contributed by atoms with Gasteiger partial charge in [0, 0.05) is 5.56 Å². The van der Waals surface area contributed by atoms with Crippen LogP contribution in [0.4, 0.5) is 0 Å². The number of benzene rings is 1. The van der Waals surface area contributed by atoms with Gasteiger partial charge in [-0.05, 0) is 31.2 Å². The van der Waals surface area contributed by atoms with Crippen molar-refractivity contribution < 1.29 is 19.1 Å². The molecule has 108 valence electrons. The smallest absolute Gasteiger partial charge is 0.311 e. The number of carbonyl (C=O) groups excluding carboxylic acids is 1. The first-order valence-corrected chi connectivity index (χ1v) is 6.31. The molecule has 5 nitrogen and oxygen atoms in total. The second-order valence-corrected chi connectivity index (χ2v) is 3.83.